The van der Waals surface area contributed by atoms with E-state index in [2.05, 4.69) is 17.4 Å². The summed E-state index contributed by atoms with van der Waals surface area (Å²) in [5, 5.41) is 12.2. The number of fused-ring (bicyclic) bond motifs is 1. The number of aliphatic carboxylic acids is 1. The van der Waals surface area contributed by atoms with E-state index in [9.17, 15) is 9.59 Å². The fourth-order valence-electron chi connectivity index (χ4n) is 4.65. The van der Waals surface area contributed by atoms with Crippen LogP contribution in [0.3, 0.4) is 0 Å². The van der Waals surface area contributed by atoms with Gasteiger partial charge in [-0.3, -0.25) is 0 Å². The van der Waals surface area contributed by atoms with E-state index in [4.69, 9.17) is 19.3 Å². The summed E-state index contributed by atoms with van der Waals surface area (Å²) in [6, 6.07) is 16.6. The second-order valence-corrected chi connectivity index (χ2v) is 9.18. The molecule has 2 aliphatic rings. The minimum atomic E-state index is -1.20. The molecular formula is C28H33NO6. The van der Waals surface area contributed by atoms with Crippen molar-refractivity contribution in [2.24, 2.45) is 0 Å². The largest absolute Gasteiger partial charge is 0.493 e. The van der Waals surface area contributed by atoms with Crippen LogP contribution in [0.25, 0.3) is 0 Å². The lowest BCUT2D eigenvalue weighted by atomic mass is 9.90. The monoisotopic (exact) mass is 479 g/mol. The number of carboxylic acids is 1. The Balaban J connectivity index is 1.35. The van der Waals surface area contributed by atoms with Crippen molar-refractivity contribution in [2.45, 2.75) is 56.6 Å². The van der Waals surface area contributed by atoms with Crippen LogP contribution < -0.4 is 14.8 Å². The molecule has 4 rings (SSSR count). The summed E-state index contributed by atoms with van der Waals surface area (Å²) in [6.45, 7) is 1.21. The van der Waals surface area contributed by atoms with Gasteiger partial charge in [0.15, 0.2) is 0 Å². The van der Waals surface area contributed by atoms with Gasteiger partial charge in [-0.05, 0) is 36.5 Å². The number of carbonyl (C=O) groups excluding carboxylic acids is 1. The Labute approximate surface area is 206 Å². The van der Waals surface area contributed by atoms with Gasteiger partial charge in [0, 0.05) is 36.7 Å². The quantitative estimate of drug-likeness (QED) is 0.388. The normalized spacial score (nSPS) is 18.9. The molecule has 1 fully saturated rings. The zero-order valence-electron chi connectivity index (χ0n) is 19.9. The zero-order chi connectivity index (χ0) is 24.5. The van der Waals surface area contributed by atoms with Gasteiger partial charge in [-0.2, -0.15) is 0 Å². The summed E-state index contributed by atoms with van der Waals surface area (Å²) in [5.41, 5.74) is 2.41. The SMILES string of the molecule is O=C(O)C=CC(=O)OC(CNC1CCCCC1)COc1ccc2c(c1)OCC(c1ccccc1)C2. The Kier molecular flexibility index (Phi) is 8.79. The van der Waals surface area contributed by atoms with Crippen LogP contribution in [-0.2, 0) is 20.7 Å². The molecule has 0 radical (unpaired) electrons. The molecule has 0 amide bonds. The highest BCUT2D eigenvalue weighted by Crippen LogP contribution is 2.34. The number of esters is 1. The van der Waals surface area contributed by atoms with Gasteiger partial charge in [0.2, 0.25) is 0 Å². The van der Waals surface area contributed by atoms with Crippen molar-refractivity contribution in [1.29, 1.82) is 0 Å². The molecule has 2 atom stereocenters. The van der Waals surface area contributed by atoms with Crippen molar-refractivity contribution < 1.29 is 28.9 Å². The van der Waals surface area contributed by atoms with E-state index in [1.54, 1.807) is 0 Å². The standard InChI is InChI=1S/C28H33NO6/c30-27(31)13-14-28(32)35-25(17-29-23-9-5-2-6-10-23)19-33-24-12-11-21-15-22(18-34-26(21)16-24)20-7-3-1-4-8-20/h1,3-4,7-8,11-14,16,22-23,25,29H,2,5-6,9-10,15,17-19H2,(H,30,31). The van der Waals surface area contributed by atoms with Gasteiger partial charge in [0.05, 0.1) is 6.61 Å². The van der Waals surface area contributed by atoms with Gasteiger partial charge in [-0.25, -0.2) is 9.59 Å². The molecule has 0 aromatic heterocycles. The van der Waals surface area contributed by atoms with E-state index < -0.39 is 18.0 Å². The lowest BCUT2D eigenvalue weighted by molar-refractivity contribution is -0.144. The Bertz CT molecular complexity index is 1020. The molecule has 1 aliphatic carbocycles. The molecule has 2 aromatic carbocycles. The third-order valence-electron chi connectivity index (χ3n) is 6.54. The molecule has 7 nitrogen and oxygen atoms in total. The van der Waals surface area contributed by atoms with E-state index in [1.165, 1.54) is 24.8 Å². The third-order valence-corrected chi connectivity index (χ3v) is 6.54. The van der Waals surface area contributed by atoms with E-state index in [0.29, 0.717) is 30.9 Å². The molecule has 1 heterocycles. The van der Waals surface area contributed by atoms with Gasteiger partial charge < -0.3 is 24.6 Å². The van der Waals surface area contributed by atoms with Crippen molar-refractivity contribution in [2.75, 3.05) is 19.8 Å². The first-order valence-corrected chi connectivity index (χ1v) is 12.4. The predicted octanol–water partition coefficient (Wildman–Crippen LogP) is 4.26. The molecule has 2 aromatic rings. The second kappa shape index (κ2) is 12.4. The van der Waals surface area contributed by atoms with Gasteiger partial charge >= 0.3 is 11.9 Å². The first kappa shape index (κ1) is 24.8. The summed E-state index contributed by atoms with van der Waals surface area (Å²) in [6.07, 6.45) is 7.90. The minimum Gasteiger partial charge on any atom is -0.493 e. The second-order valence-electron chi connectivity index (χ2n) is 9.18. The van der Waals surface area contributed by atoms with Crippen molar-refractivity contribution in [1.82, 2.24) is 5.32 Å². The van der Waals surface area contributed by atoms with Crippen LogP contribution in [-0.4, -0.2) is 48.9 Å². The molecule has 2 N–H and O–H groups in total. The number of nitrogens with one attached hydrogen (secondary N) is 1. The summed E-state index contributed by atoms with van der Waals surface area (Å²) in [5.74, 6) is -0.121. The Morgan fingerprint density at radius 2 is 1.89 bits per heavy atom. The highest BCUT2D eigenvalue weighted by Gasteiger charge is 2.23. The maximum Gasteiger partial charge on any atom is 0.331 e. The van der Waals surface area contributed by atoms with Crippen LogP contribution >= 0.6 is 0 Å². The average Bonchev–Trinajstić information content (AvgIpc) is 2.89. The number of hydrogen-bond donors (Lipinski definition) is 2. The maximum atomic E-state index is 12.1. The van der Waals surface area contributed by atoms with Crippen LogP contribution in [0.2, 0.25) is 0 Å². The summed E-state index contributed by atoms with van der Waals surface area (Å²) >= 11 is 0. The summed E-state index contributed by atoms with van der Waals surface area (Å²) in [7, 11) is 0. The van der Waals surface area contributed by atoms with E-state index in [0.717, 1.165) is 42.7 Å². The van der Waals surface area contributed by atoms with E-state index in [1.807, 2.05) is 36.4 Å². The summed E-state index contributed by atoms with van der Waals surface area (Å²) in [4.78, 5) is 22.8. The lowest BCUT2D eigenvalue weighted by Gasteiger charge is -2.27. The average molecular weight is 480 g/mol. The summed E-state index contributed by atoms with van der Waals surface area (Å²) < 4.78 is 17.5. The Hall–Kier alpha value is -3.32. The number of rotatable bonds is 10. The molecule has 7 heteroatoms. The third kappa shape index (κ3) is 7.59. The zero-order valence-corrected chi connectivity index (χ0v) is 19.9. The van der Waals surface area contributed by atoms with Crippen LogP contribution in [0, 0.1) is 0 Å². The number of ether oxygens (including phenoxy) is 3. The lowest BCUT2D eigenvalue weighted by Crippen LogP contribution is -2.41. The first-order valence-electron chi connectivity index (χ1n) is 12.4. The smallest absolute Gasteiger partial charge is 0.331 e. The Morgan fingerprint density at radius 1 is 1.09 bits per heavy atom. The predicted molar refractivity (Wildman–Crippen MR) is 132 cm³/mol. The van der Waals surface area contributed by atoms with Crippen LogP contribution in [0.1, 0.15) is 49.1 Å². The molecule has 1 saturated carbocycles. The maximum absolute atomic E-state index is 12.1. The van der Waals surface area contributed by atoms with Crippen molar-refractivity contribution in [3.63, 3.8) is 0 Å². The molecule has 0 bridgehead atoms. The van der Waals surface area contributed by atoms with E-state index >= 15 is 0 Å². The van der Waals surface area contributed by atoms with Crippen LogP contribution in [0.5, 0.6) is 11.5 Å². The van der Waals surface area contributed by atoms with Crippen molar-refractivity contribution in [3.8, 4) is 11.5 Å². The number of carboxylic acid groups (broad SMARTS) is 1. The molecule has 0 saturated heterocycles. The molecule has 186 valence electrons. The fraction of sp³-hybridized carbons (Fsp3) is 0.429. The van der Waals surface area contributed by atoms with Gasteiger partial charge in [-0.1, -0.05) is 55.7 Å². The number of benzene rings is 2. The number of carbonyl (C=O) groups is 2. The molecule has 0 spiro atoms. The van der Waals surface area contributed by atoms with Gasteiger partial charge in [-0.15, -0.1) is 0 Å². The minimum absolute atomic E-state index is 0.151. The molecule has 35 heavy (non-hydrogen) atoms. The molecule has 2 unspecified atom stereocenters. The number of hydrogen-bond acceptors (Lipinski definition) is 6. The highest BCUT2D eigenvalue weighted by atomic mass is 16.6. The molecule has 1 aliphatic heterocycles. The van der Waals surface area contributed by atoms with Crippen molar-refractivity contribution >= 4 is 11.9 Å². The van der Waals surface area contributed by atoms with Crippen LogP contribution in [0.4, 0.5) is 0 Å². The van der Waals surface area contributed by atoms with Gasteiger partial charge in [0.25, 0.3) is 0 Å². The highest BCUT2D eigenvalue weighted by molar-refractivity contribution is 5.90. The van der Waals surface area contributed by atoms with Crippen molar-refractivity contribution in [3.05, 3.63) is 71.8 Å². The van der Waals surface area contributed by atoms with Crippen LogP contribution in [0.15, 0.2) is 60.7 Å². The first-order chi connectivity index (χ1) is 17.1. The Morgan fingerprint density at radius 3 is 2.66 bits per heavy atom. The van der Waals surface area contributed by atoms with E-state index in [-0.39, 0.29) is 6.61 Å². The molecular weight excluding hydrogens is 446 g/mol. The fourth-order valence-corrected chi connectivity index (χ4v) is 4.65. The topological polar surface area (TPSA) is 94.1 Å². The van der Waals surface area contributed by atoms with Gasteiger partial charge in [0.1, 0.15) is 24.2 Å².